The second kappa shape index (κ2) is 13.1. The molecule has 290 valence electrons. The number of carbonyl (C=O) groups is 4. The van der Waals surface area contributed by atoms with Crippen LogP contribution in [0.15, 0.2) is 84.4 Å². The largest absolute Gasteiger partial charge is 0.508 e. The number of anilines is 3. The molecule has 0 bridgehead atoms. The third-order valence-corrected chi connectivity index (χ3v) is 14.8. The number of hydrogen-bond donors (Lipinski definition) is 1. The number of phenols is 1. The molecule has 1 saturated carbocycles. The molecule has 3 aliphatic heterocycles. The van der Waals surface area contributed by atoms with Crippen molar-refractivity contribution in [2.75, 3.05) is 41.0 Å². The molecule has 6 atom stereocenters. The molecule has 1 N–H and O–H groups in total. The van der Waals surface area contributed by atoms with Crippen LogP contribution in [-0.4, -0.2) is 64.8 Å². The molecule has 4 fully saturated rings. The van der Waals surface area contributed by atoms with Gasteiger partial charge in [0.1, 0.15) is 17.3 Å². The predicted octanol–water partition coefficient (Wildman–Crippen LogP) is 7.24. The van der Waals surface area contributed by atoms with Crippen LogP contribution in [0.4, 0.5) is 17.2 Å². The van der Waals surface area contributed by atoms with Crippen molar-refractivity contribution >= 4 is 73.8 Å². The lowest BCUT2D eigenvalue weighted by atomic mass is 9.51. The highest BCUT2D eigenvalue weighted by atomic mass is 35.5. The SMILES string of the molecule is Cc1c(-c2cc(N3C(=O)[C@@H]4C[C@@H]5C(=CC[C@@H]6C(=O)N(c7ccc(N8CCOCC8)cc7)C(=O)[C@@H]65)[C@H](c5ccccc5O)[C@]4(C)C3=O)n(C)n2)sc2ccc(Cl)cc12. The Morgan fingerprint density at radius 1 is 0.895 bits per heavy atom. The second-order valence-electron chi connectivity index (χ2n) is 16.1. The molecule has 13 heteroatoms. The van der Waals surface area contributed by atoms with Crippen LogP contribution in [0.3, 0.4) is 0 Å². The molecule has 57 heavy (non-hydrogen) atoms. The number of allylic oxidation sites excluding steroid dienone is 2. The summed E-state index contributed by atoms with van der Waals surface area (Å²) in [5.74, 6) is -4.40. The van der Waals surface area contributed by atoms with Crippen molar-refractivity contribution < 1.29 is 29.0 Å². The summed E-state index contributed by atoms with van der Waals surface area (Å²) in [6, 6.07) is 22.0. The zero-order valence-corrected chi connectivity index (χ0v) is 33.2. The van der Waals surface area contributed by atoms with Crippen LogP contribution in [0.25, 0.3) is 20.7 Å². The van der Waals surface area contributed by atoms with Gasteiger partial charge in [-0.3, -0.25) is 28.8 Å². The van der Waals surface area contributed by atoms with E-state index < -0.39 is 40.9 Å². The molecule has 5 aromatic rings. The molecule has 0 radical (unpaired) electrons. The van der Waals surface area contributed by atoms with E-state index in [1.165, 1.54) is 9.80 Å². The number of amides is 4. The Labute approximate surface area is 338 Å². The van der Waals surface area contributed by atoms with Gasteiger partial charge in [-0.05, 0) is 92.1 Å². The van der Waals surface area contributed by atoms with Gasteiger partial charge in [0.25, 0.3) is 0 Å². The third kappa shape index (κ3) is 5.23. The van der Waals surface area contributed by atoms with Crippen molar-refractivity contribution in [3.05, 3.63) is 101 Å². The lowest BCUT2D eigenvalue weighted by Crippen LogP contribution is -2.49. The van der Waals surface area contributed by atoms with E-state index >= 15 is 4.79 Å². The van der Waals surface area contributed by atoms with Crippen LogP contribution in [0.1, 0.15) is 36.8 Å². The first-order valence-corrected chi connectivity index (χ1v) is 20.6. The maximum absolute atomic E-state index is 15.1. The number of hydrogen-bond acceptors (Lipinski definition) is 9. The number of fused-ring (bicyclic) bond motifs is 5. The normalized spacial score (nSPS) is 27.3. The quantitative estimate of drug-likeness (QED) is 0.146. The number of nitrogens with zero attached hydrogens (tertiary/aromatic N) is 5. The summed E-state index contributed by atoms with van der Waals surface area (Å²) in [7, 11) is 1.72. The van der Waals surface area contributed by atoms with Crippen LogP contribution in [0.2, 0.25) is 5.02 Å². The average Bonchev–Trinajstić information content (AvgIpc) is 3.89. The maximum atomic E-state index is 15.1. The summed E-state index contributed by atoms with van der Waals surface area (Å²) in [6.45, 7) is 6.65. The number of benzene rings is 3. The van der Waals surface area contributed by atoms with Gasteiger partial charge >= 0.3 is 0 Å². The number of carbonyl (C=O) groups excluding carboxylic acids is 4. The van der Waals surface area contributed by atoms with E-state index in [1.54, 1.807) is 47.3 Å². The lowest BCUT2D eigenvalue weighted by molar-refractivity contribution is -0.131. The summed E-state index contributed by atoms with van der Waals surface area (Å²) in [4.78, 5) is 64.5. The molecule has 5 aliphatic rings. The number of morpholine rings is 1. The standard InChI is InChI=1S/C44H40ClN5O6S/c1-23-30-20-24(45)8-15-35(30)57-39(23)33-22-36(47(3)46-33)50-41(53)32-21-31-27(38(44(32,2)43(50)55)28-6-4-5-7-34(28)51)13-14-29-37(31)42(54)49(40(29)52)26-11-9-25(10-12-26)48-16-18-56-19-17-48/h4-13,15,20,22,29,31-32,37-38,51H,14,16-19,21H2,1-3H3/t29-,31+,32-,37-,38+,44+/m0/s1. The molecular formula is C44H40ClN5O6S. The average molecular weight is 802 g/mol. The summed E-state index contributed by atoms with van der Waals surface area (Å²) >= 11 is 7.90. The van der Waals surface area contributed by atoms with Gasteiger partial charge in [-0.25, -0.2) is 4.90 Å². The van der Waals surface area contributed by atoms with Crippen LogP contribution >= 0.6 is 22.9 Å². The highest BCUT2D eigenvalue weighted by Crippen LogP contribution is 2.64. The first-order valence-electron chi connectivity index (χ1n) is 19.4. The number of aryl methyl sites for hydroxylation is 2. The monoisotopic (exact) mass is 801 g/mol. The molecule has 3 saturated heterocycles. The summed E-state index contributed by atoms with van der Waals surface area (Å²) in [5, 5.41) is 17.9. The van der Waals surface area contributed by atoms with Gasteiger partial charge in [0.15, 0.2) is 0 Å². The zero-order valence-electron chi connectivity index (χ0n) is 31.6. The second-order valence-corrected chi connectivity index (χ2v) is 17.5. The van der Waals surface area contributed by atoms with Crippen molar-refractivity contribution in [3.63, 3.8) is 0 Å². The Hall–Kier alpha value is -5.30. The van der Waals surface area contributed by atoms with Crippen molar-refractivity contribution in [2.45, 2.75) is 32.6 Å². The minimum atomic E-state index is -1.31. The minimum absolute atomic E-state index is 0.00353. The fourth-order valence-electron chi connectivity index (χ4n) is 10.4. The smallest absolute Gasteiger partial charge is 0.242 e. The summed E-state index contributed by atoms with van der Waals surface area (Å²) in [5.41, 5.74) is 3.17. The first-order chi connectivity index (χ1) is 27.5. The molecule has 2 aromatic heterocycles. The van der Waals surface area contributed by atoms with Gasteiger partial charge in [-0.1, -0.05) is 41.4 Å². The first kappa shape index (κ1) is 36.1. The van der Waals surface area contributed by atoms with Crippen LogP contribution in [-0.2, 0) is 31.0 Å². The predicted molar refractivity (Wildman–Crippen MR) is 218 cm³/mol. The Morgan fingerprint density at radius 3 is 2.39 bits per heavy atom. The molecule has 3 aromatic carbocycles. The van der Waals surface area contributed by atoms with Gasteiger partial charge < -0.3 is 14.7 Å². The van der Waals surface area contributed by atoms with Gasteiger partial charge in [0.05, 0.1) is 46.9 Å². The number of imide groups is 2. The van der Waals surface area contributed by atoms with Crippen molar-refractivity contribution in [1.82, 2.24) is 9.78 Å². The van der Waals surface area contributed by atoms with Crippen LogP contribution < -0.4 is 14.7 Å². The van der Waals surface area contributed by atoms with Gasteiger partial charge in [0.2, 0.25) is 23.6 Å². The van der Waals surface area contributed by atoms with Crippen molar-refractivity contribution in [1.29, 1.82) is 0 Å². The Morgan fingerprint density at radius 2 is 1.63 bits per heavy atom. The van der Waals surface area contributed by atoms with Crippen molar-refractivity contribution in [3.8, 4) is 16.3 Å². The number of halogens is 1. The van der Waals surface area contributed by atoms with Crippen molar-refractivity contribution in [2.24, 2.45) is 36.1 Å². The maximum Gasteiger partial charge on any atom is 0.242 e. The summed E-state index contributed by atoms with van der Waals surface area (Å²) < 4.78 is 8.12. The fourth-order valence-corrected chi connectivity index (χ4v) is 11.7. The van der Waals surface area contributed by atoms with Gasteiger partial charge in [-0.15, -0.1) is 11.3 Å². The molecule has 11 nitrogen and oxygen atoms in total. The number of para-hydroxylation sites is 1. The zero-order chi connectivity index (χ0) is 39.5. The number of phenolic OH excluding ortho intramolecular Hbond substituents is 1. The van der Waals surface area contributed by atoms with E-state index in [0.717, 1.165) is 44.9 Å². The molecule has 2 aliphatic carbocycles. The van der Waals surface area contributed by atoms with E-state index in [1.807, 2.05) is 68.5 Å². The number of aromatic nitrogens is 2. The Kier molecular flexibility index (Phi) is 8.30. The lowest BCUT2D eigenvalue weighted by Gasteiger charge is -2.49. The number of aromatic hydroxyl groups is 1. The van der Waals surface area contributed by atoms with E-state index in [2.05, 4.69) is 4.90 Å². The van der Waals surface area contributed by atoms with Gasteiger partial charge in [0, 0.05) is 53.1 Å². The molecule has 10 rings (SSSR count). The molecule has 4 amide bonds. The topological polar surface area (TPSA) is 125 Å². The van der Waals surface area contributed by atoms with Gasteiger partial charge in [-0.2, -0.15) is 5.10 Å². The number of ether oxygens (including phenoxy) is 1. The molecule has 0 spiro atoms. The Bertz CT molecular complexity index is 2570. The van der Waals surface area contributed by atoms with Crippen LogP contribution in [0.5, 0.6) is 5.75 Å². The van der Waals surface area contributed by atoms with Crippen LogP contribution in [0, 0.1) is 36.0 Å². The van der Waals surface area contributed by atoms with E-state index in [9.17, 15) is 19.5 Å². The number of thiophene rings is 1. The molecule has 0 unspecified atom stereocenters. The van der Waals surface area contributed by atoms with E-state index in [-0.39, 0.29) is 29.9 Å². The third-order valence-electron chi connectivity index (χ3n) is 13.2. The highest BCUT2D eigenvalue weighted by molar-refractivity contribution is 7.22. The fraction of sp³-hybridized carbons (Fsp3) is 0.341. The minimum Gasteiger partial charge on any atom is -0.508 e. The molecule has 5 heterocycles. The molecular weight excluding hydrogens is 762 g/mol. The van der Waals surface area contributed by atoms with E-state index in [0.29, 0.717) is 47.4 Å². The van der Waals surface area contributed by atoms with E-state index in [4.69, 9.17) is 21.4 Å². The number of rotatable bonds is 5. The summed E-state index contributed by atoms with van der Waals surface area (Å²) in [6.07, 6.45) is 2.52. The Balaban J connectivity index is 1.03. The highest BCUT2D eigenvalue weighted by Gasteiger charge is 2.68.